The predicted molar refractivity (Wildman–Crippen MR) is 206 cm³/mol. The lowest BCUT2D eigenvalue weighted by Gasteiger charge is -2.30. The van der Waals surface area contributed by atoms with Crippen LogP contribution in [0.3, 0.4) is 0 Å². The second-order valence-corrected chi connectivity index (χ2v) is 16.0. The first kappa shape index (κ1) is 38.1. The number of aromatic nitrogens is 4. The Kier molecular flexibility index (Phi) is 10.7. The van der Waals surface area contributed by atoms with E-state index >= 15 is 0 Å². The van der Waals surface area contributed by atoms with Crippen LogP contribution in [-0.2, 0) is 19.1 Å². The molecule has 4 aromatic rings. The SMILES string of the molecule is COC(=O)N[C@H](C(=O)N1C[C@]2(CCCO2)C[C@H]1c1nc2cc(C#Cc3ccc(-c4c[nH]c([C@@H]5C[C@H](O)CN5C(=O)[C@@H](C)C(C)C)n4)cc3)ccc2[nH]1)C(C)C. The maximum atomic E-state index is 14.0. The van der Waals surface area contributed by atoms with Crippen LogP contribution in [0.1, 0.15) is 95.2 Å². The molecule has 55 heavy (non-hydrogen) atoms. The standard InChI is InChI=1S/C42H51N7O6/c1-24(2)26(5)39(51)48-22-30(50)19-34(48)37-43-21-33(46-37)29-13-10-27(11-14-29)8-9-28-12-15-31-32(18-28)45-38(44-31)35-20-42(16-7-17-55-42)23-49(35)40(52)36(25(3)4)47-41(53)54-6/h10-15,18,21,24-26,30,34-36,50H,7,16-17,19-20,22-23H2,1-6H3,(H,43,46)(H,44,45)(H,47,53)/t26-,30-,34-,35-,36-,42-/m0/s1. The molecule has 6 atom stereocenters. The summed E-state index contributed by atoms with van der Waals surface area (Å²) in [5.41, 5.74) is 4.45. The summed E-state index contributed by atoms with van der Waals surface area (Å²) < 4.78 is 11.0. The molecule has 13 nitrogen and oxygen atoms in total. The molecule has 2 aromatic heterocycles. The minimum absolute atomic E-state index is 0.0372. The number of hydrogen-bond donors (Lipinski definition) is 4. The van der Waals surface area contributed by atoms with Gasteiger partial charge in [-0.2, -0.15) is 0 Å². The van der Waals surface area contributed by atoms with Crippen molar-refractivity contribution in [3.63, 3.8) is 0 Å². The molecule has 290 valence electrons. The van der Waals surface area contributed by atoms with E-state index in [1.807, 2.05) is 83.3 Å². The van der Waals surface area contributed by atoms with Crippen LogP contribution < -0.4 is 5.32 Å². The highest BCUT2D eigenvalue weighted by atomic mass is 16.5. The molecule has 2 aromatic carbocycles. The number of benzene rings is 2. The number of aromatic amines is 2. The Morgan fingerprint density at radius 1 is 0.964 bits per heavy atom. The Labute approximate surface area is 321 Å². The Hall–Kier alpha value is -5.19. The lowest BCUT2D eigenvalue weighted by atomic mass is 9.96. The normalized spacial score (nSPS) is 23.4. The molecule has 0 aliphatic carbocycles. The van der Waals surface area contributed by atoms with Crippen LogP contribution in [0.4, 0.5) is 4.79 Å². The molecule has 0 radical (unpaired) electrons. The summed E-state index contributed by atoms with van der Waals surface area (Å²) >= 11 is 0. The Balaban J connectivity index is 1.06. The summed E-state index contributed by atoms with van der Waals surface area (Å²) in [5.74, 6) is 7.62. The Morgan fingerprint density at radius 2 is 1.71 bits per heavy atom. The molecule has 13 heteroatoms. The topological polar surface area (TPSA) is 166 Å². The molecule has 3 fully saturated rings. The zero-order chi connectivity index (χ0) is 39.0. The maximum Gasteiger partial charge on any atom is 0.407 e. The van der Waals surface area contributed by atoms with Crippen molar-refractivity contribution in [3.8, 4) is 23.1 Å². The van der Waals surface area contributed by atoms with E-state index in [2.05, 4.69) is 27.1 Å². The second-order valence-electron chi connectivity index (χ2n) is 16.0. The van der Waals surface area contributed by atoms with Gasteiger partial charge in [-0.1, -0.05) is 58.6 Å². The number of carbonyl (C=O) groups excluding carboxylic acids is 3. The van der Waals surface area contributed by atoms with Crippen molar-refractivity contribution < 1.29 is 29.0 Å². The number of hydrogen-bond acceptors (Lipinski definition) is 8. The number of fused-ring (bicyclic) bond motifs is 1. The lowest BCUT2D eigenvalue weighted by Crippen LogP contribution is -2.51. The fraction of sp³-hybridized carbons (Fsp3) is 0.500. The van der Waals surface area contributed by atoms with Crippen LogP contribution in [-0.4, -0.2) is 97.3 Å². The zero-order valence-corrected chi connectivity index (χ0v) is 32.4. The number of methoxy groups -OCH3 is 1. The molecule has 7 rings (SSSR count). The van der Waals surface area contributed by atoms with Gasteiger partial charge in [0.05, 0.1) is 54.2 Å². The van der Waals surface area contributed by atoms with Crippen LogP contribution >= 0.6 is 0 Å². The number of nitrogens with one attached hydrogen (secondary N) is 3. The number of rotatable bonds is 8. The van der Waals surface area contributed by atoms with Crippen molar-refractivity contribution in [2.24, 2.45) is 17.8 Å². The average molecular weight is 750 g/mol. The minimum atomic E-state index is -0.753. The summed E-state index contributed by atoms with van der Waals surface area (Å²) in [7, 11) is 1.29. The summed E-state index contributed by atoms with van der Waals surface area (Å²) in [6.07, 6.45) is 3.47. The van der Waals surface area contributed by atoms with Gasteiger partial charge in [0.25, 0.3) is 0 Å². The molecule has 0 unspecified atom stereocenters. The summed E-state index contributed by atoms with van der Waals surface area (Å²) in [5, 5.41) is 13.2. The number of β-amino-alcohol motifs (C(OH)–C–C–N with tert-alkyl or cyclic N) is 1. The maximum absolute atomic E-state index is 14.0. The van der Waals surface area contributed by atoms with Gasteiger partial charge in [-0.3, -0.25) is 9.59 Å². The molecule has 3 saturated heterocycles. The first-order chi connectivity index (χ1) is 26.3. The Morgan fingerprint density at radius 3 is 2.40 bits per heavy atom. The van der Waals surface area contributed by atoms with Crippen LogP contribution in [0.2, 0.25) is 0 Å². The first-order valence-corrected chi connectivity index (χ1v) is 19.3. The number of H-pyrrole nitrogens is 2. The van der Waals surface area contributed by atoms with Gasteiger partial charge >= 0.3 is 6.09 Å². The monoisotopic (exact) mass is 749 g/mol. The molecule has 5 heterocycles. The summed E-state index contributed by atoms with van der Waals surface area (Å²) in [4.78, 5) is 59.4. The van der Waals surface area contributed by atoms with E-state index in [-0.39, 0.29) is 41.7 Å². The van der Waals surface area contributed by atoms with Gasteiger partial charge in [-0.15, -0.1) is 0 Å². The molecule has 1 spiro atoms. The number of aliphatic hydroxyl groups is 1. The quantitative estimate of drug-likeness (QED) is 0.172. The molecule has 3 aliphatic rings. The van der Waals surface area contributed by atoms with E-state index in [0.29, 0.717) is 44.2 Å². The van der Waals surface area contributed by atoms with Gasteiger partial charge in [0.2, 0.25) is 11.8 Å². The van der Waals surface area contributed by atoms with Crippen LogP contribution in [0.5, 0.6) is 0 Å². The first-order valence-electron chi connectivity index (χ1n) is 19.3. The van der Waals surface area contributed by atoms with Gasteiger partial charge in [0.15, 0.2) is 0 Å². The van der Waals surface area contributed by atoms with Gasteiger partial charge in [0, 0.05) is 54.8 Å². The predicted octanol–water partition coefficient (Wildman–Crippen LogP) is 5.48. The third-order valence-electron chi connectivity index (χ3n) is 11.5. The van der Waals surface area contributed by atoms with Crippen LogP contribution in [0.25, 0.3) is 22.3 Å². The number of amides is 3. The molecular weight excluding hydrogens is 699 g/mol. The van der Waals surface area contributed by atoms with Gasteiger partial charge in [-0.05, 0) is 55.0 Å². The van der Waals surface area contributed by atoms with E-state index in [1.54, 1.807) is 9.80 Å². The van der Waals surface area contributed by atoms with Crippen molar-refractivity contribution in [3.05, 3.63) is 71.4 Å². The summed E-state index contributed by atoms with van der Waals surface area (Å²) in [6.45, 7) is 11.2. The zero-order valence-electron chi connectivity index (χ0n) is 32.4. The van der Waals surface area contributed by atoms with E-state index < -0.39 is 23.8 Å². The third kappa shape index (κ3) is 7.84. The van der Waals surface area contributed by atoms with Crippen LogP contribution in [0, 0.1) is 29.6 Å². The smallest absolute Gasteiger partial charge is 0.407 e. The van der Waals surface area contributed by atoms with Gasteiger partial charge in [0.1, 0.15) is 17.7 Å². The largest absolute Gasteiger partial charge is 0.453 e. The van der Waals surface area contributed by atoms with E-state index in [1.165, 1.54) is 7.11 Å². The molecule has 3 aliphatic heterocycles. The van der Waals surface area contributed by atoms with Crippen molar-refractivity contribution in [1.29, 1.82) is 0 Å². The van der Waals surface area contributed by atoms with Gasteiger partial charge in [-0.25, -0.2) is 14.8 Å². The minimum Gasteiger partial charge on any atom is -0.453 e. The molecular formula is C42H51N7O6. The van der Waals surface area contributed by atoms with Crippen molar-refractivity contribution in [2.45, 2.75) is 90.1 Å². The second kappa shape index (κ2) is 15.5. The number of likely N-dealkylation sites (tertiary alicyclic amines) is 2. The molecule has 0 saturated carbocycles. The van der Waals surface area contributed by atoms with E-state index in [4.69, 9.17) is 19.4 Å². The number of alkyl carbamates (subject to hydrolysis) is 1. The third-order valence-corrected chi connectivity index (χ3v) is 11.5. The van der Waals surface area contributed by atoms with Crippen LogP contribution in [0.15, 0.2) is 48.7 Å². The number of imidazole rings is 2. The highest BCUT2D eigenvalue weighted by Crippen LogP contribution is 2.45. The number of carbonyl (C=O) groups is 3. The fourth-order valence-corrected chi connectivity index (χ4v) is 7.99. The van der Waals surface area contributed by atoms with Crippen molar-refractivity contribution >= 4 is 28.9 Å². The molecule has 3 amide bonds. The van der Waals surface area contributed by atoms with Crippen molar-refractivity contribution in [2.75, 3.05) is 26.8 Å². The van der Waals surface area contributed by atoms with Gasteiger partial charge < -0.3 is 39.7 Å². The Bertz CT molecular complexity index is 2100. The van der Waals surface area contributed by atoms with Crippen molar-refractivity contribution in [1.82, 2.24) is 35.1 Å². The molecule has 0 bridgehead atoms. The highest BCUT2D eigenvalue weighted by molar-refractivity contribution is 5.87. The van der Waals surface area contributed by atoms with E-state index in [9.17, 15) is 19.5 Å². The summed E-state index contributed by atoms with van der Waals surface area (Å²) in [6, 6.07) is 12.3. The highest BCUT2D eigenvalue weighted by Gasteiger charge is 2.51. The number of nitrogens with zero attached hydrogens (tertiary/aromatic N) is 4. The number of ether oxygens (including phenoxy) is 2. The average Bonchev–Trinajstić information content (AvgIpc) is 4.03. The fourth-order valence-electron chi connectivity index (χ4n) is 7.99. The van der Waals surface area contributed by atoms with E-state index in [0.717, 1.165) is 46.3 Å². The lowest BCUT2D eigenvalue weighted by molar-refractivity contribution is -0.138. The molecule has 4 N–H and O–H groups in total. The number of aliphatic hydroxyl groups excluding tert-OH is 1.